The van der Waals surface area contributed by atoms with E-state index < -0.39 is 11.9 Å². The number of ether oxygens (including phenoxy) is 1. The summed E-state index contributed by atoms with van der Waals surface area (Å²) >= 11 is 0. The van der Waals surface area contributed by atoms with Gasteiger partial charge in [0.05, 0.1) is 6.61 Å². The SMILES string of the molecule is CCOc1cccc(NCC(N)C(N)=O)c1. The molecule has 0 aliphatic heterocycles. The van der Waals surface area contributed by atoms with Crippen LogP contribution in [0.2, 0.25) is 0 Å². The molecule has 1 aromatic carbocycles. The highest BCUT2D eigenvalue weighted by molar-refractivity contribution is 5.80. The Morgan fingerprint density at radius 2 is 2.31 bits per heavy atom. The predicted molar refractivity (Wildman–Crippen MR) is 63.3 cm³/mol. The van der Waals surface area contributed by atoms with E-state index >= 15 is 0 Å². The number of rotatable bonds is 6. The number of carbonyl (C=O) groups excluding carboxylic acids is 1. The van der Waals surface area contributed by atoms with Crippen LogP contribution in [0.15, 0.2) is 24.3 Å². The quantitative estimate of drug-likeness (QED) is 0.647. The molecule has 1 unspecified atom stereocenters. The Kier molecular flexibility index (Phi) is 4.60. The third-order valence-corrected chi connectivity index (χ3v) is 2.04. The van der Waals surface area contributed by atoms with Crippen LogP contribution < -0.4 is 21.5 Å². The second kappa shape index (κ2) is 5.97. The fourth-order valence-electron chi connectivity index (χ4n) is 1.19. The van der Waals surface area contributed by atoms with Crippen molar-refractivity contribution in [1.29, 1.82) is 0 Å². The summed E-state index contributed by atoms with van der Waals surface area (Å²) in [6.45, 7) is 2.85. The van der Waals surface area contributed by atoms with Crippen molar-refractivity contribution in [3.8, 4) is 5.75 Å². The molecule has 5 nitrogen and oxygen atoms in total. The Morgan fingerprint density at radius 3 is 2.94 bits per heavy atom. The van der Waals surface area contributed by atoms with Crippen molar-refractivity contribution in [1.82, 2.24) is 0 Å². The summed E-state index contributed by atoms with van der Waals surface area (Å²) in [6, 6.07) is 6.76. The zero-order chi connectivity index (χ0) is 12.0. The lowest BCUT2D eigenvalue weighted by Crippen LogP contribution is -2.41. The highest BCUT2D eigenvalue weighted by atomic mass is 16.5. The van der Waals surface area contributed by atoms with Crippen LogP contribution >= 0.6 is 0 Å². The maximum atomic E-state index is 10.7. The Hall–Kier alpha value is -1.75. The minimum atomic E-state index is -0.684. The molecule has 0 fully saturated rings. The van der Waals surface area contributed by atoms with Gasteiger partial charge in [-0.2, -0.15) is 0 Å². The second-order valence-electron chi connectivity index (χ2n) is 3.35. The van der Waals surface area contributed by atoms with E-state index in [2.05, 4.69) is 5.32 Å². The predicted octanol–water partition coefficient (Wildman–Crippen LogP) is 0.310. The van der Waals surface area contributed by atoms with E-state index in [1.54, 1.807) is 0 Å². The van der Waals surface area contributed by atoms with Gasteiger partial charge in [0.15, 0.2) is 0 Å². The van der Waals surface area contributed by atoms with Crippen LogP contribution in [0.5, 0.6) is 5.75 Å². The maximum absolute atomic E-state index is 10.7. The Bertz CT molecular complexity index is 355. The van der Waals surface area contributed by atoms with Crippen molar-refractivity contribution in [2.75, 3.05) is 18.5 Å². The molecule has 0 aliphatic carbocycles. The highest BCUT2D eigenvalue weighted by Gasteiger charge is 2.08. The number of hydrogen-bond acceptors (Lipinski definition) is 4. The first-order valence-electron chi connectivity index (χ1n) is 5.15. The van der Waals surface area contributed by atoms with Crippen LogP contribution in [0.25, 0.3) is 0 Å². The third-order valence-electron chi connectivity index (χ3n) is 2.04. The molecule has 0 aliphatic rings. The normalized spacial score (nSPS) is 11.9. The van der Waals surface area contributed by atoms with Gasteiger partial charge < -0.3 is 21.5 Å². The fraction of sp³-hybridized carbons (Fsp3) is 0.364. The first kappa shape index (κ1) is 12.3. The van der Waals surface area contributed by atoms with Gasteiger partial charge >= 0.3 is 0 Å². The smallest absolute Gasteiger partial charge is 0.236 e. The molecule has 1 rings (SSSR count). The van der Waals surface area contributed by atoms with Crippen LogP contribution in [0.1, 0.15) is 6.92 Å². The lowest BCUT2D eigenvalue weighted by atomic mass is 10.2. The monoisotopic (exact) mass is 223 g/mol. The molecule has 0 saturated carbocycles. The van der Waals surface area contributed by atoms with Crippen molar-refractivity contribution in [3.05, 3.63) is 24.3 Å². The van der Waals surface area contributed by atoms with Crippen LogP contribution in [0.4, 0.5) is 5.69 Å². The minimum absolute atomic E-state index is 0.310. The lowest BCUT2D eigenvalue weighted by Gasteiger charge is -2.11. The molecule has 5 heteroatoms. The Balaban J connectivity index is 2.53. The summed E-state index contributed by atoms with van der Waals surface area (Å²) in [7, 11) is 0. The van der Waals surface area contributed by atoms with Gasteiger partial charge in [-0.05, 0) is 19.1 Å². The molecule has 1 amide bonds. The number of benzene rings is 1. The molecule has 16 heavy (non-hydrogen) atoms. The number of nitrogens with one attached hydrogen (secondary N) is 1. The van der Waals surface area contributed by atoms with Gasteiger partial charge in [-0.3, -0.25) is 4.79 Å². The second-order valence-corrected chi connectivity index (χ2v) is 3.35. The van der Waals surface area contributed by atoms with Gasteiger partial charge in [-0.1, -0.05) is 6.07 Å². The number of amides is 1. The zero-order valence-electron chi connectivity index (χ0n) is 9.27. The van der Waals surface area contributed by atoms with Crippen LogP contribution in [0.3, 0.4) is 0 Å². The summed E-state index contributed by atoms with van der Waals surface area (Å²) in [6.07, 6.45) is 0. The average molecular weight is 223 g/mol. The van der Waals surface area contributed by atoms with Gasteiger partial charge in [0.1, 0.15) is 11.8 Å². The summed E-state index contributed by atoms with van der Waals surface area (Å²) < 4.78 is 5.34. The van der Waals surface area contributed by atoms with E-state index in [-0.39, 0.29) is 0 Å². The molecule has 0 aromatic heterocycles. The van der Waals surface area contributed by atoms with Crippen molar-refractivity contribution >= 4 is 11.6 Å². The number of anilines is 1. The zero-order valence-corrected chi connectivity index (χ0v) is 9.27. The topological polar surface area (TPSA) is 90.4 Å². The van der Waals surface area contributed by atoms with Gasteiger partial charge in [0, 0.05) is 18.3 Å². The van der Waals surface area contributed by atoms with Gasteiger partial charge in [-0.15, -0.1) is 0 Å². The number of primary amides is 1. The largest absolute Gasteiger partial charge is 0.494 e. The minimum Gasteiger partial charge on any atom is -0.494 e. The van der Waals surface area contributed by atoms with Crippen LogP contribution in [-0.2, 0) is 4.79 Å². The van der Waals surface area contributed by atoms with Crippen molar-refractivity contribution in [2.24, 2.45) is 11.5 Å². The van der Waals surface area contributed by atoms with Gasteiger partial charge in [0.25, 0.3) is 0 Å². The average Bonchev–Trinajstić information content (AvgIpc) is 2.26. The first-order chi connectivity index (χ1) is 7.63. The Labute approximate surface area is 94.8 Å². The van der Waals surface area contributed by atoms with Crippen molar-refractivity contribution in [3.63, 3.8) is 0 Å². The van der Waals surface area contributed by atoms with E-state index in [0.717, 1.165) is 11.4 Å². The number of carbonyl (C=O) groups is 1. The van der Waals surface area contributed by atoms with Gasteiger partial charge in [-0.25, -0.2) is 0 Å². The van der Waals surface area contributed by atoms with Crippen molar-refractivity contribution < 1.29 is 9.53 Å². The summed E-state index contributed by atoms with van der Waals surface area (Å²) in [5, 5.41) is 3.02. The summed E-state index contributed by atoms with van der Waals surface area (Å²) in [5.74, 6) is 0.258. The first-order valence-corrected chi connectivity index (χ1v) is 5.15. The van der Waals surface area contributed by atoms with Crippen LogP contribution in [0, 0.1) is 0 Å². The summed E-state index contributed by atoms with van der Waals surface area (Å²) in [4.78, 5) is 10.7. The van der Waals surface area contributed by atoms with E-state index in [4.69, 9.17) is 16.2 Å². The van der Waals surface area contributed by atoms with Crippen molar-refractivity contribution in [2.45, 2.75) is 13.0 Å². The van der Waals surface area contributed by atoms with E-state index in [1.807, 2.05) is 31.2 Å². The molecule has 1 aromatic rings. The molecule has 0 radical (unpaired) electrons. The Morgan fingerprint density at radius 1 is 1.56 bits per heavy atom. The van der Waals surface area contributed by atoms with E-state index in [9.17, 15) is 4.79 Å². The lowest BCUT2D eigenvalue weighted by molar-refractivity contribution is -0.118. The summed E-state index contributed by atoms with van der Waals surface area (Å²) in [5.41, 5.74) is 11.4. The third kappa shape index (κ3) is 3.78. The molecule has 1 atom stereocenters. The fourth-order valence-corrected chi connectivity index (χ4v) is 1.19. The molecule has 0 spiro atoms. The molecule has 0 bridgehead atoms. The number of hydrogen-bond donors (Lipinski definition) is 3. The molecule has 0 heterocycles. The maximum Gasteiger partial charge on any atom is 0.236 e. The molecule has 88 valence electrons. The standard InChI is InChI=1S/C11H17N3O2/c1-2-16-9-5-3-4-8(6-9)14-7-10(12)11(13)15/h3-6,10,14H,2,7,12H2,1H3,(H2,13,15). The number of nitrogens with two attached hydrogens (primary N) is 2. The van der Waals surface area contributed by atoms with E-state index in [0.29, 0.717) is 13.2 Å². The molecule has 5 N–H and O–H groups in total. The molecular formula is C11H17N3O2. The van der Waals surface area contributed by atoms with E-state index in [1.165, 1.54) is 0 Å². The molecular weight excluding hydrogens is 206 g/mol. The molecule has 0 saturated heterocycles. The highest BCUT2D eigenvalue weighted by Crippen LogP contribution is 2.16. The van der Waals surface area contributed by atoms with Gasteiger partial charge in [0.2, 0.25) is 5.91 Å². The van der Waals surface area contributed by atoms with Crippen LogP contribution in [-0.4, -0.2) is 25.1 Å².